The third-order valence-corrected chi connectivity index (χ3v) is 6.27. The van der Waals surface area contributed by atoms with Gasteiger partial charge in [0.05, 0.1) is 17.6 Å². The molecule has 2 heterocycles. The quantitative estimate of drug-likeness (QED) is 0.457. The standard InChI is InChI=1S/C27H27FN4O/c1-20-5-4-6-21(17-20)18-32-25-8-3-2-7-24(25)29-26(32)19-30-13-15-31(16-14-30)27(33)22-9-11-23(28)12-10-22/h2-12,17H,13-16,18-19H2,1H3. The highest BCUT2D eigenvalue weighted by Crippen LogP contribution is 2.20. The van der Waals surface area contributed by atoms with E-state index in [4.69, 9.17) is 4.98 Å². The molecular formula is C27H27FN4O. The molecule has 3 aromatic carbocycles. The number of benzene rings is 3. The van der Waals surface area contributed by atoms with Crippen molar-refractivity contribution in [3.63, 3.8) is 0 Å². The number of halogens is 1. The summed E-state index contributed by atoms with van der Waals surface area (Å²) in [4.78, 5) is 21.9. The number of hydrogen-bond donors (Lipinski definition) is 0. The molecule has 0 saturated carbocycles. The molecule has 33 heavy (non-hydrogen) atoms. The Hall–Kier alpha value is -3.51. The molecule has 0 radical (unpaired) electrons. The smallest absolute Gasteiger partial charge is 0.253 e. The van der Waals surface area contributed by atoms with Gasteiger partial charge in [-0.2, -0.15) is 0 Å². The number of imidazole rings is 1. The Labute approximate surface area is 193 Å². The van der Waals surface area contributed by atoms with Crippen LogP contribution >= 0.6 is 0 Å². The molecule has 0 bridgehead atoms. The maximum absolute atomic E-state index is 13.2. The molecule has 5 rings (SSSR count). The first-order valence-corrected chi connectivity index (χ1v) is 11.3. The number of aromatic nitrogens is 2. The third kappa shape index (κ3) is 4.66. The highest BCUT2D eigenvalue weighted by molar-refractivity contribution is 5.94. The van der Waals surface area contributed by atoms with E-state index >= 15 is 0 Å². The van der Waals surface area contributed by atoms with Gasteiger partial charge in [0.1, 0.15) is 11.6 Å². The fourth-order valence-corrected chi connectivity index (χ4v) is 4.50. The first-order valence-electron chi connectivity index (χ1n) is 11.3. The molecule has 1 aromatic heterocycles. The lowest BCUT2D eigenvalue weighted by molar-refractivity contribution is 0.0624. The Morgan fingerprint density at radius 3 is 2.42 bits per heavy atom. The van der Waals surface area contributed by atoms with Gasteiger partial charge in [0.2, 0.25) is 0 Å². The summed E-state index contributed by atoms with van der Waals surface area (Å²) in [6, 6.07) is 22.6. The van der Waals surface area contributed by atoms with Crippen LogP contribution in [0.4, 0.5) is 4.39 Å². The molecule has 1 aliphatic rings. The Kier molecular flexibility index (Phi) is 5.92. The minimum absolute atomic E-state index is 0.0404. The summed E-state index contributed by atoms with van der Waals surface area (Å²) >= 11 is 0. The molecule has 0 aliphatic carbocycles. The highest BCUT2D eigenvalue weighted by atomic mass is 19.1. The van der Waals surface area contributed by atoms with Gasteiger partial charge >= 0.3 is 0 Å². The predicted octanol–water partition coefficient (Wildman–Crippen LogP) is 4.49. The molecule has 168 valence electrons. The highest BCUT2D eigenvalue weighted by Gasteiger charge is 2.23. The summed E-state index contributed by atoms with van der Waals surface area (Å²) in [5.41, 5.74) is 5.18. The van der Waals surface area contributed by atoms with E-state index in [0.717, 1.165) is 43.0 Å². The fraction of sp³-hybridized carbons (Fsp3) is 0.259. The largest absolute Gasteiger partial charge is 0.336 e. The summed E-state index contributed by atoms with van der Waals surface area (Å²) < 4.78 is 15.5. The van der Waals surface area contributed by atoms with E-state index in [1.807, 2.05) is 11.0 Å². The van der Waals surface area contributed by atoms with Crippen molar-refractivity contribution in [2.45, 2.75) is 20.0 Å². The van der Waals surface area contributed by atoms with Crippen LogP contribution < -0.4 is 0 Å². The van der Waals surface area contributed by atoms with Crippen molar-refractivity contribution in [1.29, 1.82) is 0 Å². The second-order valence-corrected chi connectivity index (χ2v) is 8.67. The molecule has 5 nitrogen and oxygen atoms in total. The molecule has 0 unspecified atom stereocenters. The molecule has 0 atom stereocenters. The Bertz CT molecular complexity index is 1270. The number of nitrogens with zero attached hydrogens (tertiary/aromatic N) is 4. The summed E-state index contributed by atoms with van der Waals surface area (Å²) in [6.07, 6.45) is 0. The topological polar surface area (TPSA) is 41.4 Å². The van der Waals surface area contributed by atoms with Gasteiger partial charge in [-0.05, 0) is 48.9 Å². The van der Waals surface area contributed by atoms with Crippen molar-refractivity contribution in [3.8, 4) is 0 Å². The van der Waals surface area contributed by atoms with Crippen LogP contribution in [0, 0.1) is 12.7 Å². The van der Waals surface area contributed by atoms with E-state index in [1.54, 1.807) is 12.1 Å². The van der Waals surface area contributed by atoms with Crippen LogP contribution in [-0.2, 0) is 13.1 Å². The zero-order valence-electron chi connectivity index (χ0n) is 18.7. The van der Waals surface area contributed by atoms with Crippen molar-refractivity contribution < 1.29 is 9.18 Å². The number of fused-ring (bicyclic) bond motifs is 1. The van der Waals surface area contributed by atoms with Gasteiger partial charge in [0.25, 0.3) is 5.91 Å². The maximum Gasteiger partial charge on any atom is 0.253 e. The second-order valence-electron chi connectivity index (χ2n) is 8.67. The SMILES string of the molecule is Cc1cccc(Cn2c(CN3CCN(C(=O)c4ccc(F)cc4)CC3)nc3ccccc32)c1. The van der Waals surface area contributed by atoms with E-state index < -0.39 is 0 Å². The Morgan fingerprint density at radius 2 is 1.67 bits per heavy atom. The number of rotatable bonds is 5. The van der Waals surface area contributed by atoms with Crippen molar-refractivity contribution in [1.82, 2.24) is 19.4 Å². The van der Waals surface area contributed by atoms with Crippen molar-refractivity contribution in [2.75, 3.05) is 26.2 Å². The summed E-state index contributed by atoms with van der Waals surface area (Å²) in [6.45, 7) is 6.48. The number of amides is 1. The van der Waals surface area contributed by atoms with E-state index in [-0.39, 0.29) is 11.7 Å². The first-order chi connectivity index (χ1) is 16.1. The lowest BCUT2D eigenvalue weighted by Gasteiger charge is -2.34. The minimum atomic E-state index is -0.329. The van der Waals surface area contributed by atoms with E-state index in [2.05, 4.69) is 58.9 Å². The van der Waals surface area contributed by atoms with E-state index in [9.17, 15) is 9.18 Å². The maximum atomic E-state index is 13.2. The number of para-hydroxylation sites is 2. The van der Waals surface area contributed by atoms with Gasteiger partial charge in [-0.1, -0.05) is 42.0 Å². The van der Waals surface area contributed by atoms with Crippen LogP contribution in [0.2, 0.25) is 0 Å². The molecule has 0 N–H and O–H groups in total. The summed E-state index contributed by atoms with van der Waals surface area (Å²) in [5.74, 6) is 0.669. The van der Waals surface area contributed by atoms with Crippen molar-refractivity contribution >= 4 is 16.9 Å². The third-order valence-electron chi connectivity index (χ3n) is 6.27. The zero-order valence-corrected chi connectivity index (χ0v) is 18.7. The molecule has 4 aromatic rings. The van der Waals surface area contributed by atoms with Crippen LogP contribution in [0.15, 0.2) is 72.8 Å². The molecule has 1 aliphatic heterocycles. The summed E-state index contributed by atoms with van der Waals surface area (Å²) in [7, 11) is 0. The number of carbonyl (C=O) groups excluding carboxylic acids is 1. The van der Waals surface area contributed by atoms with Crippen molar-refractivity contribution in [3.05, 3.63) is 101 Å². The molecule has 6 heteroatoms. The average molecular weight is 443 g/mol. The fourth-order valence-electron chi connectivity index (χ4n) is 4.50. The van der Waals surface area contributed by atoms with Crippen molar-refractivity contribution in [2.24, 2.45) is 0 Å². The van der Waals surface area contributed by atoms with E-state index in [0.29, 0.717) is 18.7 Å². The normalized spacial score (nSPS) is 14.7. The number of piperazine rings is 1. The zero-order chi connectivity index (χ0) is 22.8. The van der Waals surface area contributed by atoms with Crippen LogP contribution in [0.25, 0.3) is 11.0 Å². The number of carbonyl (C=O) groups is 1. The molecule has 1 fully saturated rings. The van der Waals surface area contributed by atoms with Crippen LogP contribution in [0.1, 0.15) is 27.3 Å². The lowest BCUT2D eigenvalue weighted by Crippen LogP contribution is -2.48. The van der Waals surface area contributed by atoms with Crippen LogP contribution in [0.5, 0.6) is 0 Å². The van der Waals surface area contributed by atoms with Gasteiger partial charge in [-0.3, -0.25) is 9.69 Å². The summed E-state index contributed by atoms with van der Waals surface area (Å²) in [5, 5.41) is 0. The minimum Gasteiger partial charge on any atom is -0.336 e. The Morgan fingerprint density at radius 1 is 0.909 bits per heavy atom. The molecule has 1 saturated heterocycles. The first kappa shape index (κ1) is 21.3. The number of aryl methyl sites for hydroxylation is 1. The van der Waals surface area contributed by atoms with Gasteiger partial charge in [-0.15, -0.1) is 0 Å². The van der Waals surface area contributed by atoms with Crippen LogP contribution in [0.3, 0.4) is 0 Å². The van der Waals surface area contributed by atoms with Gasteiger partial charge < -0.3 is 9.47 Å². The molecular weight excluding hydrogens is 415 g/mol. The Balaban J connectivity index is 1.31. The monoisotopic (exact) mass is 442 g/mol. The predicted molar refractivity (Wildman–Crippen MR) is 128 cm³/mol. The average Bonchev–Trinajstić information content (AvgIpc) is 3.16. The second kappa shape index (κ2) is 9.16. The van der Waals surface area contributed by atoms with E-state index in [1.165, 1.54) is 23.3 Å². The van der Waals surface area contributed by atoms with Gasteiger partial charge in [0, 0.05) is 38.3 Å². The molecule has 1 amide bonds. The van der Waals surface area contributed by atoms with Gasteiger partial charge in [0.15, 0.2) is 0 Å². The number of hydrogen-bond acceptors (Lipinski definition) is 3. The molecule has 0 spiro atoms. The lowest BCUT2D eigenvalue weighted by atomic mass is 10.1. The van der Waals surface area contributed by atoms with Crippen LogP contribution in [-0.4, -0.2) is 51.4 Å². The van der Waals surface area contributed by atoms with Gasteiger partial charge in [-0.25, -0.2) is 9.37 Å².